The maximum atomic E-state index is 12.9. The highest BCUT2D eigenvalue weighted by atomic mass is 16.2. The molecule has 4 amide bonds. The van der Waals surface area contributed by atoms with Crippen molar-refractivity contribution in [3.63, 3.8) is 0 Å². The number of amides is 4. The lowest BCUT2D eigenvalue weighted by Crippen LogP contribution is -2.12. The van der Waals surface area contributed by atoms with Crippen LogP contribution in [-0.4, -0.2) is 53.5 Å². The molecule has 0 unspecified atom stereocenters. The topological polar surface area (TPSA) is 200 Å². The fraction of sp³-hybridized carbons (Fsp3) is 0.207. The van der Waals surface area contributed by atoms with Crippen molar-refractivity contribution in [3.05, 3.63) is 131 Å². The van der Waals surface area contributed by atoms with Crippen LogP contribution in [0.1, 0.15) is 103 Å². The minimum atomic E-state index is -0.351. The Morgan fingerprint density at radius 2 is 0.639 bits per heavy atom. The molecular weight excluding hydrogens is 901 g/mol. The van der Waals surface area contributed by atoms with Gasteiger partial charge in [-0.15, -0.1) is 0 Å². The van der Waals surface area contributed by atoms with E-state index >= 15 is 0 Å². The van der Waals surface area contributed by atoms with Crippen molar-refractivity contribution in [1.82, 2.24) is 29.9 Å². The van der Waals surface area contributed by atoms with Crippen molar-refractivity contribution in [2.24, 2.45) is 0 Å². The summed E-state index contributed by atoms with van der Waals surface area (Å²) in [5, 5.41) is 11.8. The zero-order chi connectivity index (χ0) is 51.2. The molecule has 14 heteroatoms. The summed E-state index contributed by atoms with van der Waals surface area (Å²) in [7, 11) is 0. The molecule has 0 aliphatic carbocycles. The van der Waals surface area contributed by atoms with Gasteiger partial charge in [0.25, 0.3) is 0 Å². The van der Waals surface area contributed by atoms with E-state index in [0.717, 1.165) is 33.3 Å². The molecule has 8 bridgehead atoms. The van der Waals surface area contributed by atoms with Crippen molar-refractivity contribution in [3.8, 4) is 44.5 Å². The quantitative estimate of drug-likeness (QED) is 0.0864. The summed E-state index contributed by atoms with van der Waals surface area (Å²) in [4.78, 5) is 78.9. The van der Waals surface area contributed by atoms with E-state index in [4.69, 9.17) is 9.97 Å². The van der Waals surface area contributed by atoms with Gasteiger partial charge in [-0.3, -0.25) is 29.1 Å². The average Bonchev–Trinajstić information content (AvgIpc) is 4.15. The van der Waals surface area contributed by atoms with Gasteiger partial charge in [-0.25, -0.2) is 9.97 Å². The average molecular weight is 957 g/mol. The lowest BCUT2D eigenvalue weighted by molar-refractivity contribution is -0.115. The van der Waals surface area contributed by atoms with E-state index in [9.17, 15) is 19.2 Å². The van der Waals surface area contributed by atoms with E-state index in [-0.39, 0.29) is 34.5 Å². The second-order valence-electron chi connectivity index (χ2n) is 20.1. The SMILES string of the molecule is CC(=O)Nc1cncc(NC(C)=O)c1-c1c2nc(c(-c3c(NC(C)=O)cncc3NC(C)=O)c3ccc([nH]3)c(-c3ccc(C(C)(C)C)cc3)c3nc(c(-c4ccc(C(C)(C)C)cc4)c4ccc1[nH]4)C=C3)C=C2. The first-order chi connectivity index (χ1) is 34.2. The minimum absolute atomic E-state index is 0.0843. The number of H-pyrrole nitrogens is 2. The summed E-state index contributed by atoms with van der Waals surface area (Å²) in [5.74, 6) is -1.40. The lowest BCUT2D eigenvalue weighted by Gasteiger charge is -2.19. The van der Waals surface area contributed by atoms with Gasteiger partial charge in [-0.1, -0.05) is 90.1 Å². The number of anilines is 4. The molecule has 0 saturated heterocycles. The summed E-state index contributed by atoms with van der Waals surface area (Å²) >= 11 is 0. The second kappa shape index (κ2) is 18.9. The summed E-state index contributed by atoms with van der Waals surface area (Å²) < 4.78 is 0. The Kier molecular flexibility index (Phi) is 12.6. The van der Waals surface area contributed by atoms with Gasteiger partial charge in [-0.05, 0) is 81.7 Å². The Hall–Kier alpha value is -8.78. The Bertz CT molecular complexity index is 3300. The number of pyridine rings is 2. The number of carbonyl (C=O) groups is 4. The first-order valence-electron chi connectivity index (χ1n) is 23.7. The number of fused-ring (bicyclic) bond motifs is 8. The predicted octanol–water partition coefficient (Wildman–Crippen LogP) is 12.5. The summed E-state index contributed by atoms with van der Waals surface area (Å²) in [6, 6.07) is 25.0. The van der Waals surface area contributed by atoms with Gasteiger partial charge in [0.15, 0.2) is 0 Å². The fourth-order valence-electron chi connectivity index (χ4n) is 9.21. The zero-order valence-electron chi connectivity index (χ0n) is 42.0. The van der Waals surface area contributed by atoms with Crippen molar-refractivity contribution in [1.29, 1.82) is 0 Å². The maximum absolute atomic E-state index is 12.9. The van der Waals surface area contributed by atoms with Gasteiger partial charge in [-0.2, -0.15) is 0 Å². The Morgan fingerprint density at radius 1 is 0.375 bits per heavy atom. The maximum Gasteiger partial charge on any atom is 0.221 e. The van der Waals surface area contributed by atoms with Crippen LogP contribution >= 0.6 is 0 Å². The third-order valence-corrected chi connectivity index (χ3v) is 12.5. The Morgan fingerprint density at radius 3 is 0.903 bits per heavy atom. The molecule has 5 aromatic heterocycles. The molecule has 7 heterocycles. The van der Waals surface area contributed by atoms with Crippen LogP contribution in [0.15, 0.2) is 97.6 Å². The number of hydrogen-bond donors (Lipinski definition) is 6. The van der Waals surface area contributed by atoms with Crippen LogP contribution in [0.5, 0.6) is 0 Å². The highest BCUT2D eigenvalue weighted by Crippen LogP contribution is 2.45. The standard InChI is InChI=1S/C58H56N10O4/c1-31(69)61-47-27-59-28-48(62-32(2)70)55(47)53-43-23-21-41(66-43)51(35-11-15-37(16-12-35)57(5,6)7)39-19-20-40(65-39)52(36-13-17-38(18-14-36)58(8,9)10)42-22-24-44(67-42)54(46-26-25-45(53)68-46)56-49(63-33(3)71)29-60-30-50(56)64-34(4)72/h11-30,66-67H,1-10H3,(H,61,69)(H,62,70)(H,63,71)(H,64,72). The highest BCUT2D eigenvalue weighted by molar-refractivity contribution is 6.10. The molecule has 2 aromatic carbocycles. The molecule has 6 N–H and O–H groups in total. The molecular formula is C58H56N10O4. The normalized spacial score (nSPS) is 12.1. The largest absolute Gasteiger partial charge is 0.354 e. The molecule has 2 aliphatic rings. The van der Waals surface area contributed by atoms with E-state index in [2.05, 4.69) is 131 Å². The van der Waals surface area contributed by atoms with Gasteiger partial charge >= 0.3 is 0 Å². The molecule has 0 saturated carbocycles. The zero-order valence-corrected chi connectivity index (χ0v) is 42.0. The van der Waals surface area contributed by atoms with Crippen LogP contribution < -0.4 is 21.3 Å². The van der Waals surface area contributed by atoms with Gasteiger partial charge in [0.1, 0.15) is 0 Å². The number of carbonyl (C=O) groups excluding carboxylic acids is 4. The fourth-order valence-corrected chi connectivity index (χ4v) is 9.21. The number of benzene rings is 2. The molecule has 14 nitrogen and oxygen atoms in total. The molecule has 9 rings (SSSR count). The van der Waals surface area contributed by atoms with Crippen LogP contribution in [0.25, 0.3) is 90.9 Å². The highest BCUT2D eigenvalue weighted by Gasteiger charge is 2.26. The van der Waals surface area contributed by atoms with E-state index in [1.807, 2.05) is 48.6 Å². The van der Waals surface area contributed by atoms with Crippen molar-refractivity contribution in [2.75, 3.05) is 21.3 Å². The number of aromatic nitrogens is 6. The number of nitrogens with zero attached hydrogens (tertiary/aromatic N) is 4. The van der Waals surface area contributed by atoms with Crippen LogP contribution in [0.3, 0.4) is 0 Å². The number of hydrogen-bond acceptors (Lipinski definition) is 8. The molecule has 7 aromatic rings. The van der Waals surface area contributed by atoms with E-state index in [0.29, 0.717) is 78.8 Å². The second-order valence-corrected chi connectivity index (χ2v) is 20.1. The van der Waals surface area contributed by atoms with E-state index in [1.165, 1.54) is 63.6 Å². The summed E-state index contributed by atoms with van der Waals surface area (Å²) in [6.45, 7) is 18.7. The lowest BCUT2D eigenvalue weighted by atomic mass is 9.86. The van der Waals surface area contributed by atoms with Gasteiger partial charge in [0, 0.05) is 83.1 Å². The van der Waals surface area contributed by atoms with Crippen molar-refractivity contribution >= 4 is 92.7 Å². The van der Waals surface area contributed by atoms with Gasteiger partial charge < -0.3 is 31.2 Å². The van der Waals surface area contributed by atoms with E-state index in [1.54, 1.807) is 0 Å². The third-order valence-electron chi connectivity index (χ3n) is 12.5. The molecule has 2 aliphatic heterocycles. The molecule has 0 radical (unpaired) electrons. The van der Waals surface area contributed by atoms with Crippen LogP contribution in [0.4, 0.5) is 22.7 Å². The Labute approximate surface area is 417 Å². The van der Waals surface area contributed by atoms with Crippen LogP contribution in [-0.2, 0) is 30.0 Å². The molecule has 0 spiro atoms. The molecule has 0 fully saturated rings. The number of aromatic amines is 2. The minimum Gasteiger partial charge on any atom is -0.354 e. The number of nitrogens with one attached hydrogen (secondary N) is 6. The summed E-state index contributed by atoms with van der Waals surface area (Å²) in [5.41, 5.74) is 14.0. The van der Waals surface area contributed by atoms with Gasteiger partial charge in [0.05, 0.1) is 70.3 Å². The number of rotatable bonds is 8. The first kappa shape index (κ1) is 48.3. The summed E-state index contributed by atoms with van der Waals surface area (Å²) in [6.07, 6.45) is 13.9. The molecule has 0 atom stereocenters. The van der Waals surface area contributed by atoms with Crippen LogP contribution in [0.2, 0.25) is 0 Å². The smallest absolute Gasteiger partial charge is 0.221 e. The first-order valence-corrected chi connectivity index (χ1v) is 23.7. The Balaban J connectivity index is 1.51. The van der Waals surface area contributed by atoms with Crippen LogP contribution in [0, 0.1) is 0 Å². The monoisotopic (exact) mass is 956 g/mol. The predicted molar refractivity (Wildman–Crippen MR) is 291 cm³/mol. The third kappa shape index (κ3) is 9.71. The van der Waals surface area contributed by atoms with Crippen molar-refractivity contribution in [2.45, 2.75) is 80.1 Å². The van der Waals surface area contributed by atoms with Crippen molar-refractivity contribution < 1.29 is 19.2 Å². The van der Waals surface area contributed by atoms with E-state index < -0.39 is 0 Å². The molecule has 362 valence electrons. The molecule has 72 heavy (non-hydrogen) atoms. The van der Waals surface area contributed by atoms with Gasteiger partial charge in [0.2, 0.25) is 23.6 Å².